The smallest absolute Gasteiger partial charge is 0.414 e. The van der Waals surface area contributed by atoms with Crippen molar-refractivity contribution in [2.24, 2.45) is 0 Å². The van der Waals surface area contributed by atoms with E-state index in [1.54, 1.807) is 20.8 Å². The molecule has 1 N–H and O–H groups in total. The summed E-state index contributed by atoms with van der Waals surface area (Å²) in [6.07, 6.45) is -0.952. The molecule has 0 aliphatic carbocycles. The molecule has 2 amide bonds. The van der Waals surface area contributed by atoms with E-state index in [2.05, 4.69) is 0 Å². The van der Waals surface area contributed by atoms with Gasteiger partial charge in [-0.15, -0.1) is 0 Å². The minimum atomic E-state index is -0.952. The number of amides is 2. The second-order valence-corrected chi connectivity index (χ2v) is 4.96. The van der Waals surface area contributed by atoms with Crippen molar-refractivity contribution in [3.8, 4) is 0 Å². The molecule has 0 fully saturated rings. The highest BCUT2D eigenvalue weighted by Crippen LogP contribution is 2.18. The van der Waals surface area contributed by atoms with Gasteiger partial charge in [-0.05, 0) is 32.9 Å². The summed E-state index contributed by atoms with van der Waals surface area (Å²) in [4.78, 5) is 23.0. The van der Waals surface area contributed by atoms with Crippen molar-refractivity contribution in [2.75, 3.05) is 0 Å². The number of benzene rings is 1. The molecule has 0 unspecified atom stereocenters. The highest BCUT2D eigenvalue weighted by molar-refractivity contribution is 6.34. The van der Waals surface area contributed by atoms with Gasteiger partial charge < -0.3 is 4.74 Å². The Morgan fingerprint density at radius 3 is 2.44 bits per heavy atom. The van der Waals surface area contributed by atoms with Gasteiger partial charge in [0.15, 0.2) is 0 Å². The monoisotopic (exact) mass is 273 g/mol. The van der Waals surface area contributed by atoms with Gasteiger partial charge in [-0.2, -0.15) is 0 Å². The van der Waals surface area contributed by atoms with Crippen molar-refractivity contribution in [3.05, 3.63) is 34.6 Å². The summed E-state index contributed by atoms with van der Waals surface area (Å²) in [5.74, 6) is -1.74. The number of halogens is 2. The maximum Gasteiger partial charge on any atom is 0.414 e. The summed E-state index contributed by atoms with van der Waals surface area (Å²) in [7, 11) is 0. The summed E-state index contributed by atoms with van der Waals surface area (Å²) in [5.41, 5.74) is -1.13. The number of alkyl carbamates (subject to hydrolysis) is 1. The maximum absolute atomic E-state index is 13.4. The van der Waals surface area contributed by atoms with Gasteiger partial charge in [0.1, 0.15) is 11.4 Å². The summed E-state index contributed by atoms with van der Waals surface area (Å²) in [6.45, 7) is 4.94. The standard InChI is InChI=1S/C12H13ClFNO3/c1-12(2,3)18-11(17)15-10(16)9-7(13)5-4-6-8(9)14/h4-6H,1-3H3,(H,15,16,17). The number of carbonyl (C=O) groups excluding carboxylic acids is 2. The van der Waals surface area contributed by atoms with E-state index in [1.807, 2.05) is 5.32 Å². The van der Waals surface area contributed by atoms with Crippen LogP contribution in [-0.2, 0) is 4.74 Å². The van der Waals surface area contributed by atoms with E-state index < -0.39 is 23.4 Å². The van der Waals surface area contributed by atoms with Crippen LogP contribution in [0.4, 0.5) is 9.18 Å². The van der Waals surface area contributed by atoms with Crippen molar-refractivity contribution in [1.82, 2.24) is 5.32 Å². The summed E-state index contributed by atoms with van der Waals surface area (Å²) >= 11 is 5.69. The molecule has 18 heavy (non-hydrogen) atoms. The van der Waals surface area contributed by atoms with Crippen molar-refractivity contribution in [1.29, 1.82) is 0 Å². The highest BCUT2D eigenvalue weighted by Gasteiger charge is 2.22. The van der Waals surface area contributed by atoms with E-state index in [9.17, 15) is 14.0 Å². The molecule has 0 bridgehead atoms. The fourth-order valence-electron chi connectivity index (χ4n) is 1.17. The first-order chi connectivity index (χ1) is 8.20. The summed E-state index contributed by atoms with van der Waals surface area (Å²) < 4.78 is 18.3. The van der Waals surface area contributed by atoms with Crippen LogP contribution in [0.5, 0.6) is 0 Å². The average molecular weight is 274 g/mol. The van der Waals surface area contributed by atoms with Gasteiger partial charge in [-0.25, -0.2) is 9.18 Å². The third kappa shape index (κ3) is 4.00. The molecule has 0 aromatic heterocycles. The Morgan fingerprint density at radius 1 is 1.33 bits per heavy atom. The van der Waals surface area contributed by atoms with Crippen LogP contribution in [0.15, 0.2) is 18.2 Å². The molecule has 98 valence electrons. The molecule has 0 atom stereocenters. The zero-order valence-corrected chi connectivity index (χ0v) is 11.0. The highest BCUT2D eigenvalue weighted by atomic mass is 35.5. The Kier molecular flexibility index (Phi) is 4.29. The first-order valence-corrected chi connectivity index (χ1v) is 5.57. The Labute approximate surface area is 109 Å². The Morgan fingerprint density at radius 2 is 1.94 bits per heavy atom. The largest absolute Gasteiger partial charge is 0.444 e. The fraction of sp³-hybridized carbons (Fsp3) is 0.333. The molecule has 0 heterocycles. The third-order valence-electron chi connectivity index (χ3n) is 1.80. The van der Waals surface area contributed by atoms with Gasteiger partial charge in [0.2, 0.25) is 0 Å². The van der Waals surface area contributed by atoms with Crippen LogP contribution in [0.25, 0.3) is 0 Å². The van der Waals surface area contributed by atoms with Gasteiger partial charge in [-0.1, -0.05) is 17.7 Å². The lowest BCUT2D eigenvalue weighted by Crippen LogP contribution is -2.36. The Balaban J connectivity index is 2.81. The lowest BCUT2D eigenvalue weighted by molar-refractivity contribution is 0.0508. The fourth-order valence-corrected chi connectivity index (χ4v) is 1.42. The van der Waals surface area contributed by atoms with Crippen LogP contribution < -0.4 is 5.32 Å². The molecular formula is C12H13ClFNO3. The van der Waals surface area contributed by atoms with Crippen molar-refractivity contribution < 1.29 is 18.7 Å². The number of imide groups is 1. The zero-order chi connectivity index (χ0) is 13.9. The number of ether oxygens (including phenoxy) is 1. The molecule has 1 aromatic carbocycles. The lowest BCUT2D eigenvalue weighted by Gasteiger charge is -2.19. The van der Waals surface area contributed by atoms with Gasteiger partial charge in [0, 0.05) is 0 Å². The molecule has 0 saturated heterocycles. The SMILES string of the molecule is CC(C)(C)OC(=O)NC(=O)c1c(F)cccc1Cl. The van der Waals surface area contributed by atoms with Crippen LogP contribution in [0.1, 0.15) is 31.1 Å². The van der Waals surface area contributed by atoms with E-state index in [0.29, 0.717) is 0 Å². The number of hydrogen-bond acceptors (Lipinski definition) is 3. The molecule has 1 aromatic rings. The molecule has 0 saturated carbocycles. The molecule has 4 nitrogen and oxygen atoms in total. The number of carbonyl (C=O) groups is 2. The van der Waals surface area contributed by atoms with E-state index >= 15 is 0 Å². The van der Waals surface area contributed by atoms with Crippen LogP contribution in [0, 0.1) is 5.82 Å². The Hall–Kier alpha value is -1.62. The van der Waals surface area contributed by atoms with Gasteiger partial charge in [0.05, 0.1) is 10.6 Å². The zero-order valence-electron chi connectivity index (χ0n) is 10.2. The summed E-state index contributed by atoms with van der Waals surface area (Å²) in [5, 5.41) is 1.84. The second-order valence-electron chi connectivity index (χ2n) is 4.55. The minimum absolute atomic E-state index is 0.0731. The van der Waals surface area contributed by atoms with E-state index in [1.165, 1.54) is 12.1 Å². The molecular weight excluding hydrogens is 261 g/mol. The topological polar surface area (TPSA) is 55.4 Å². The quantitative estimate of drug-likeness (QED) is 0.855. The molecule has 1 rings (SSSR count). The van der Waals surface area contributed by atoms with Gasteiger partial charge in [0.25, 0.3) is 5.91 Å². The van der Waals surface area contributed by atoms with E-state index in [0.717, 1.165) is 6.07 Å². The second kappa shape index (κ2) is 5.35. The number of hydrogen-bond donors (Lipinski definition) is 1. The molecule has 0 aliphatic rings. The van der Waals surface area contributed by atoms with Crippen LogP contribution in [0.2, 0.25) is 5.02 Å². The van der Waals surface area contributed by atoms with Crippen molar-refractivity contribution in [2.45, 2.75) is 26.4 Å². The van der Waals surface area contributed by atoms with E-state index in [-0.39, 0.29) is 10.6 Å². The number of rotatable bonds is 1. The molecule has 6 heteroatoms. The van der Waals surface area contributed by atoms with Gasteiger partial charge in [-0.3, -0.25) is 10.1 Å². The first kappa shape index (κ1) is 14.4. The van der Waals surface area contributed by atoms with Gasteiger partial charge >= 0.3 is 6.09 Å². The maximum atomic E-state index is 13.4. The van der Waals surface area contributed by atoms with Crippen LogP contribution in [-0.4, -0.2) is 17.6 Å². The molecule has 0 aliphatic heterocycles. The Bertz CT molecular complexity index is 462. The lowest BCUT2D eigenvalue weighted by atomic mass is 10.2. The minimum Gasteiger partial charge on any atom is -0.444 e. The van der Waals surface area contributed by atoms with Crippen LogP contribution >= 0.6 is 11.6 Å². The average Bonchev–Trinajstić information content (AvgIpc) is 2.13. The predicted octanol–water partition coefficient (Wildman–Crippen LogP) is 3.14. The van der Waals surface area contributed by atoms with Crippen molar-refractivity contribution in [3.63, 3.8) is 0 Å². The molecule has 0 radical (unpaired) electrons. The predicted molar refractivity (Wildman–Crippen MR) is 65.1 cm³/mol. The first-order valence-electron chi connectivity index (χ1n) is 5.19. The summed E-state index contributed by atoms with van der Waals surface area (Å²) in [6, 6.07) is 3.80. The van der Waals surface area contributed by atoms with Crippen LogP contribution in [0.3, 0.4) is 0 Å². The third-order valence-corrected chi connectivity index (χ3v) is 2.12. The molecule has 0 spiro atoms. The number of nitrogens with one attached hydrogen (secondary N) is 1. The van der Waals surface area contributed by atoms with E-state index in [4.69, 9.17) is 16.3 Å². The normalized spacial score (nSPS) is 10.9. The van der Waals surface area contributed by atoms with Crippen molar-refractivity contribution >= 4 is 23.6 Å².